The molecule has 0 spiro atoms. The first kappa shape index (κ1) is 6.66. The number of hydrogen-bond donors (Lipinski definition) is 0. The molecule has 58 valence electrons. The Hall–Kier alpha value is -0.0400. The van der Waals surface area contributed by atoms with E-state index < -0.39 is 0 Å². The summed E-state index contributed by atoms with van der Waals surface area (Å²) in [6.45, 7) is 9.10. The van der Waals surface area contributed by atoms with Crippen molar-refractivity contribution >= 4 is 0 Å². The Balaban J connectivity index is 2.01. The molecule has 0 unspecified atom stereocenters. The summed E-state index contributed by atoms with van der Waals surface area (Å²) in [7, 11) is 0. The molecule has 1 saturated heterocycles. The second-order valence-corrected chi connectivity index (χ2v) is 4.76. The van der Waals surface area contributed by atoms with Crippen LogP contribution in [0.1, 0.15) is 20.8 Å². The van der Waals surface area contributed by atoms with Crippen molar-refractivity contribution in [2.75, 3.05) is 13.2 Å². The maximum Gasteiger partial charge on any atom is 0.0501 e. The zero-order valence-electron chi connectivity index (χ0n) is 7.05. The van der Waals surface area contributed by atoms with Gasteiger partial charge in [-0.25, -0.2) is 0 Å². The first-order valence-corrected chi connectivity index (χ1v) is 4.18. The molecule has 0 bridgehead atoms. The minimum Gasteiger partial charge on any atom is -0.381 e. The molecule has 0 N–H and O–H groups in total. The van der Waals surface area contributed by atoms with Crippen molar-refractivity contribution < 1.29 is 4.74 Å². The lowest BCUT2D eigenvalue weighted by molar-refractivity contribution is 0.125. The van der Waals surface area contributed by atoms with Crippen molar-refractivity contribution in [2.24, 2.45) is 23.2 Å². The maximum atomic E-state index is 5.33. The van der Waals surface area contributed by atoms with E-state index in [0.717, 1.165) is 31.0 Å². The molecule has 2 atom stereocenters. The second kappa shape index (κ2) is 1.76. The highest BCUT2D eigenvalue weighted by Crippen LogP contribution is 2.58. The topological polar surface area (TPSA) is 9.23 Å². The minimum absolute atomic E-state index is 0.527. The number of ether oxygens (including phenoxy) is 1. The van der Waals surface area contributed by atoms with Gasteiger partial charge in [-0.05, 0) is 23.2 Å². The fraction of sp³-hybridized carbons (Fsp3) is 1.00. The number of rotatable bonds is 0. The molecular weight excluding hydrogens is 124 g/mol. The van der Waals surface area contributed by atoms with Crippen LogP contribution < -0.4 is 0 Å². The normalized spacial score (nSPS) is 45.3. The number of fused-ring (bicyclic) bond motifs is 1. The van der Waals surface area contributed by atoms with Crippen LogP contribution in [0.3, 0.4) is 0 Å². The molecule has 0 amide bonds. The van der Waals surface area contributed by atoms with Gasteiger partial charge >= 0.3 is 0 Å². The van der Waals surface area contributed by atoms with E-state index >= 15 is 0 Å². The van der Waals surface area contributed by atoms with Crippen LogP contribution in [0.4, 0.5) is 0 Å². The SMILES string of the molecule is CC(C)(C)C1[C@@H]2COC[C@@H]12. The van der Waals surface area contributed by atoms with Gasteiger partial charge in [-0.2, -0.15) is 0 Å². The van der Waals surface area contributed by atoms with E-state index in [2.05, 4.69) is 20.8 Å². The predicted molar refractivity (Wildman–Crippen MR) is 40.7 cm³/mol. The molecule has 1 heterocycles. The zero-order valence-corrected chi connectivity index (χ0v) is 7.05. The van der Waals surface area contributed by atoms with Crippen molar-refractivity contribution in [1.29, 1.82) is 0 Å². The summed E-state index contributed by atoms with van der Waals surface area (Å²) in [6.07, 6.45) is 0. The van der Waals surface area contributed by atoms with Gasteiger partial charge in [0.15, 0.2) is 0 Å². The van der Waals surface area contributed by atoms with Gasteiger partial charge in [-0.3, -0.25) is 0 Å². The summed E-state index contributed by atoms with van der Waals surface area (Å²) in [5, 5.41) is 0. The van der Waals surface area contributed by atoms with Crippen LogP contribution in [0, 0.1) is 23.2 Å². The van der Waals surface area contributed by atoms with Crippen molar-refractivity contribution in [3.8, 4) is 0 Å². The summed E-state index contributed by atoms with van der Waals surface area (Å²) < 4.78 is 5.33. The summed E-state index contributed by atoms with van der Waals surface area (Å²) in [5.41, 5.74) is 0.527. The molecule has 0 aromatic carbocycles. The predicted octanol–water partition coefficient (Wildman–Crippen LogP) is 1.92. The first-order valence-electron chi connectivity index (χ1n) is 4.18. The summed E-state index contributed by atoms with van der Waals surface area (Å²) in [4.78, 5) is 0. The summed E-state index contributed by atoms with van der Waals surface area (Å²) >= 11 is 0. The summed E-state index contributed by atoms with van der Waals surface area (Å²) in [6, 6.07) is 0. The quantitative estimate of drug-likeness (QED) is 0.499. The second-order valence-electron chi connectivity index (χ2n) is 4.76. The zero-order chi connectivity index (χ0) is 7.35. The van der Waals surface area contributed by atoms with Gasteiger partial charge in [0.25, 0.3) is 0 Å². The van der Waals surface area contributed by atoms with Crippen molar-refractivity contribution in [3.05, 3.63) is 0 Å². The van der Waals surface area contributed by atoms with Crippen LogP contribution in [0.15, 0.2) is 0 Å². The fourth-order valence-corrected chi connectivity index (χ4v) is 2.52. The van der Waals surface area contributed by atoms with Crippen LogP contribution in [-0.2, 0) is 4.74 Å². The average Bonchev–Trinajstić information content (AvgIpc) is 2.30. The molecule has 1 nitrogen and oxygen atoms in total. The molecule has 2 fully saturated rings. The molecule has 1 heteroatoms. The Bertz CT molecular complexity index is 135. The van der Waals surface area contributed by atoms with E-state index in [-0.39, 0.29) is 0 Å². The third-order valence-corrected chi connectivity index (χ3v) is 2.95. The van der Waals surface area contributed by atoms with Crippen LogP contribution in [0.2, 0.25) is 0 Å². The Morgan fingerprint density at radius 1 is 1.10 bits per heavy atom. The lowest BCUT2D eigenvalue weighted by Gasteiger charge is -2.20. The van der Waals surface area contributed by atoms with E-state index in [0.29, 0.717) is 5.41 Å². The van der Waals surface area contributed by atoms with E-state index in [9.17, 15) is 0 Å². The minimum atomic E-state index is 0.527. The van der Waals surface area contributed by atoms with Crippen LogP contribution in [0.5, 0.6) is 0 Å². The number of hydrogen-bond acceptors (Lipinski definition) is 1. The van der Waals surface area contributed by atoms with Crippen LogP contribution >= 0.6 is 0 Å². The fourth-order valence-electron chi connectivity index (χ4n) is 2.52. The highest BCUT2D eigenvalue weighted by molar-refractivity contribution is 5.05. The van der Waals surface area contributed by atoms with Crippen LogP contribution in [-0.4, -0.2) is 13.2 Å². The lowest BCUT2D eigenvalue weighted by atomic mass is 9.88. The lowest BCUT2D eigenvalue weighted by Crippen LogP contribution is -2.14. The standard InChI is InChI=1S/C9H16O/c1-9(2,3)8-6-4-10-5-7(6)8/h6-8H,4-5H2,1-3H3/t6-,7-/m1/s1. The molecule has 2 aliphatic rings. The Morgan fingerprint density at radius 3 is 1.90 bits per heavy atom. The molecular formula is C9H16O. The third kappa shape index (κ3) is 0.800. The maximum absolute atomic E-state index is 5.33. The molecule has 1 aliphatic carbocycles. The largest absolute Gasteiger partial charge is 0.381 e. The van der Waals surface area contributed by atoms with E-state index in [1.54, 1.807) is 0 Å². The van der Waals surface area contributed by atoms with Crippen molar-refractivity contribution in [3.63, 3.8) is 0 Å². The highest BCUT2D eigenvalue weighted by atomic mass is 16.5. The van der Waals surface area contributed by atoms with Crippen LogP contribution in [0.25, 0.3) is 0 Å². The Labute approximate surface area is 62.8 Å². The summed E-state index contributed by atoms with van der Waals surface area (Å²) in [5.74, 6) is 2.79. The van der Waals surface area contributed by atoms with Gasteiger partial charge in [0, 0.05) is 0 Å². The molecule has 1 saturated carbocycles. The molecule has 2 rings (SSSR count). The molecule has 0 aromatic heterocycles. The van der Waals surface area contributed by atoms with E-state index in [1.165, 1.54) is 0 Å². The van der Waals surface area contributed by atoms with Gasteiger partial charge in [-0.1, -0.05) is 20.8 Å². The monoisotopic (exact) mass is 140 g/mol. The third-order valence-electron chi connectivity index (χ3n) is 2.95. The first-order chi connectivity index (χ1) is 4.61. The average molecular weight is 140 g/mol. The van der Waals surface area contributed by atoms with Crippen molar-refractivity contribution in [1.82, 2.24) is 0 Å². The Morgan fingerprint density at radius 2 is 1.60 bits per heavy atom. The highest BCUT2D eigenvalue weighted by Gasteiger charge is 2.58. The van der Waals surface area contributed by atoms with Crippen molar-refractivity contribution in [2.45, 2.75) is 20.8 Å². The van der Waals surface area contributed by atoms with Gasteiger partial charge in [-0.15, -0.1) is 0 Å². The van der Waals surface area contributed by atoms with Gasteiger partial charge in [0.1, 0.15) is 0 Å². The van der Waals surface area contributed by atoms with Gasteiger partial charge < -0.3 is 4.74 Å². The molecule has 1 aliphatic heterocycles. The molecule has 10 heavy (non-hydrogen) atoms. The smallest absolute Gasteiger partial charge is 0.0501 e. The van der Waals surface area contributed by atoms with Gasteiger partial charge in [0.2, 0.25) is 0 Å². The Kier molecular flexibility index (Phi) is 1.17. The molecule has 0 radical (unpaired) electrons. The van der Waals surface area contributed by atoms with E-state index in [4.69, 9.17) is 4.74 Å². The van der Waals surface area contributed by atoms with E-state index in [1.807, 2.05) is 0 Å². The van der Waals surface area contributed by atoms with Gasteiger partial charge in [0.05, 0.1) is 13.2 Å². The molecule has 0 aromatic rings.